The summed E-state index contributed by atoms with van der Waals surface area (Å²) in [7, 11) is 0. The van der Waals surface area contributed by atoms with Crippen LogP contribution in [0.25, 0.3) is 0 Å². The minimum atomic E-state index is -2.91. The molecule has 0 aliphatic heterocycles. The summed E-state index contributed by atoms with van der Waals surface area (Å²) in [5.74, 6) is -0.323. The van der Waals surface area contributed by atoms with E-state index in [1.807, 2.05) is 6.92 Å². The summed E-state index contributed by atoms with van der Waals surface area (Å²) in [5.41, 5.74) is 1.09. The van der Waals surface area contributed by atoms with E-state index in [0.29, 0.717) is 6.42 Å². The van der Waals surface area contributed by atoms with Crippen LogP contribution in [0.2, 0.25) is 0 Å². The van der Waals surface area contributed by atoms with Crippen molar-refractivity contribution in [2.45, 2.75) is 26.9 Å². The number of ether oxygens (including phenoxy) is 1. The van der Waals surface area contributed by atoms with E-state index in [9.17, 15) is 13.6 Å². The molecule has 1 rings (SSSR count). The van der Waals surface area contributed by atoms with Crippen LogP contribution in [-0.2, 0) is 6.42 Å². The summed E-state index contributed by atoms with van der Waals surface area (Å²) in [6.07, 6.45) is 0.704. The predicted molar refractivity (Wildman–Crippen MR) is 65.2 cm³/mol. The van der Waals surface area contributed by atoms with E-state index in [0.717, 1.165) is 9.13 Å². The van der Waals surface area contributed by atoms with E-state index in [2.05, 4.69) is 27.3 Å². The van der Waals surface area contributed by atoms with E-state index in [1.54, 1.807) is 6.07 Å². The lowest BCUT2D eigenvalue weighted by Gasteiger charge is -2.11. The maximum Gasteiger partial charge on any atom is 0.387 e. The molecule has 0 aromatic heterocycles. The van der Waals surface area contributed by atoms with Gasteiger partial charge in [-0.15, -0.1) is 0 Å². The number of aryl methyl sites for hydroxylation is 1. The number of hydrogen-bond acceptors (Lipinski definition) is 2. The number of benzene rings is 1. The van der Waals surface area contributed by atoms with Crippen LogP contribution in [0.5, 0.6) is 5.75 Å². The van der Waals surface area contributed by atoms with Gasteiger partial charge in [0.2, 0.25) is 0 Å². The molecule has 1 aromatic carbocycles. The Morgan fingerprint density at radius 2 is 2.12 bits per heavy atom. The van der Waals surface area contributed by atoms with Crippen molar-refractivity contribution in [3.05, 3.63) is 26.8 Å². The SMILES string of the molecule is CCc1cc(OC(F)F)c(C(C)=O)cc1I. The standard InChI is InChI=1S/C11H11F2IO2/c1-3-7-4-10(16-11(12)13)8(6(2)15)5-9(7)14/h4-5,11H,3H2,1-2H3. The van der Waals surface area contributed by atoms with Crippen LogP contribution in [0.4, 0.5) is 8.78 Å². The van der Waals surface area contributed by atoms with Crippen LogP contribution >= 0.6 is 22.6 Å². The van der Waals surface area contributed by atoms with Crippen molar-refractivity contribution in [2.24, 2.45) is 0 Å². The zero-order valence-corrected chi connectivity index (χ0v) is 11.0. The predicted octanol–water partition coefficient (Wildman–Crippen LogP) is 3.66. The highest BCUT2D eigenvalue weighted by molar-refractivity contribution is 14.1. The summed E-state index contributed by atoms with van der Waals surface area (Å²) >= 11 is 2.07. The van der Waals surface area contributed by atoms with Gasteiger partial charge in [0.05, 0.1) is 5.56 Å². The van der Waals surface area contributed by atoms with Gasteiger partial charge >= 0.3 is 6.61 Å². The van der Waals surface area contributed by atoms with Crippen molar-refractivity contribution in [1.82, 2.24) is 0 Å². The monoisotopic (exact) mass is 340 g/mol. The summed E-state index contributed by atoms with van der Waals surface area (Å²) in [6.45, 7) is 0.328. The molecular weight excluding hydrogens is 329 g/mol. The first-order valence-electron chi connectivity index (χ1n) is 4.73. The van der Waals surface area contributed by atoms with E-state index in [4.69, 9.17) is 0 Å². The first-order chi connectivity index (χ1) is 7.45. The molecule has 0 fully saturated rings. The lowest BCUT2D eigenvalue weighted by Crippen LogP contribution is -2.08. The number of carbonyl (C=O) groups excluding carboxylic acids is 1. The second kappa shape index (κ2) is 5.56. The molecule has 0 unspecified atom stereocenters. The number of carbonyl (C=O) groups is 1. The van der Waals surface area contributed by atoms with Gasteiger partial charge in [0.1, 0.15) is 5.75 Å². The second-order valence-electron chi connectivity index (χ2n) is 3.23. The molecular formula is C11H11F2IO2. The van der Waals surface area contributed by atoms with Crippen LogP contribution in [0.3, 0.4) is 0 Å². The fraction of sp³-hybridized carbons (Fsp3) is 0.364. The number of rotatable bonds is 4. The lowest BCUT2D eigenvalue weighted by molar-refractivity contribution is -0.0501. The second-order valence-corrected chi connectivity index (χ2v) is 4.39. The number of halogens is 3. The minimum absolute atomic E-state index is 0.0419. The fourth-order valence-electron chi connectivity index (χ4n) is 1.34. The molecule has 5 heteroatoms. The zero-order valence-electron chi connectivity index (χ0n) is 8.89. The number of alkyl halides is 2. The highest BCUT2D eigenvalue weighted by Crippen LogP contribution is 2.27. The van der Waals surface area contributed by atoms with Crippen LogP contribution in [-0.4, -0.2) is 12.4 Å². The molecule has 0 saturated carbocycles. The Hall–Kier alpha value is -0.720. The number of ketones is 1. The van der Waals surface area contributed by atoms with Gasteiger partial charge in [0.15, 0.2) is 5.78 Å². The van der Waals surface area contributed by atoms with Crippen molar-refractivity contribution in [2.75, 3.05) is 0 Å². The third-order valence-corrected chi connectivity index (χ3v) is 3.13. The van der Waals surface area contributed by atoms with Crippen LogP contribution in [0.15, 0.2) is 12.1 Å². The van der Waals surface area contributed by atoms with Gasteiger partial charge in [0.25, 0.3) is 0 Å². The number of hydrogen-bond donors (Lipinski definition) is 0. The number of Topliss-reactive ketones (excluding diaryl/α,β-unsaturated/α-hetero) is 1. The van der Waals surface area contributed by atoms with Crippen molar-refractivity contribution in [3.8, 4) is 5.75 Å². The molecule has 0 aliphatic rings. The molecule has 1 aromatic rings. The summed E-state index contributed by atoms with van der Waals surface area (Å²) in [4.78, 5) is 11.3. The molecule has 0 atom stereocenters. The van der Waals surface area contributed by atoms with Gasteiger partial charge in [0, 0.05) is 3.57 Å². The summed E-state index contributed by atoms with van der Waals surface area (Å²) in [5, 5.41) is 0. The van der Waals surface area contributed by atoms with E-state index < -0.39 is 6.61 Å². The third-order valence-electron chi connectivity index (χ3n) is 2.12. The molecule has 0 bridgehead atoms. The Labute approximate surface area is 106 Å². The smallest absolute Gasteiger partial charge is 0.387 e. The Morgan fingerprint density at radius 1 is 1.50 bits per heavy atom. The quantitative estimate of drug-likeness (QED) is 0.618. The fourth-order valence-corrected chi connectivity index (χ4v) is 2.18. The Morgan fingerprint density at radius 3 is 2.56 bits per heavy atom. The molecule has 0 saturated heterocycles. The maximum atomic E-state index is 12.2. The van der Waals surface area contributed by atoms with E-state index in [1.165, 1.54) is 13.0 Å². The van der Waals surface area contributed by atoms with Crippen molar-refractivity contribution in [1.29, 1.82) is 0 Å². The lowest BCUT2D eigenvalue weighted by atomic mass is 10.1. The highest BCUT2D eigenvalue weighted by atomic mass is 127. The molecule has 88 valence electrons. The largest absolute Gasteiger partial charge is 0.434 e. The third kappa shape index (κ3) is 3.13. The molecule has 0 radical (unpaired) electrons. The molecule has 0 aliphatic carbocycles. The Bertz CT molecular complexity index is 405. The van der Waals surface area contributed by atoms with Crippen molar-refractivity contribution in [3.63, 3.8) is 0 Å². The minimum Gasteiger partial charge on any atom is -0.434 e. The maximum absolute atomic E-state index is 12.2. The van der Waals surface area contributed by atoms with Crippen molar-refractivity contribution >= 4 is 28.4 Å². The van der Waals surface area contributed by atoms with Gasteiger partial charge in [-0.2, -0.15) is 8.78 Å². The Balaban J connectivity index is 3.25. The molecule has 16 heavy (non-hydrogen) atoms. The van der Waals surface area contributed by atoms with Gasteiger partial charge in [-0.25, -0.2) is 0 Å². The van der Waals surface area contributed by atoms with Crippen molar-refractivity contribution < 1.29 is 18.3 Å². The normalized spacial score (nSPS) is 10.6. The average molecular weight is 340 g/mol. The van der Waals surface area contributed by atoms with E-state index in [-0.39, 0.29) is 17.1 Å². The first kappa shape index (κ1) is 13.3. The summed E-state index contributed by atoms with van der Waals surface area (Å²) in [6, 6.07) is 3.09. The molecule has 0 N–H and O–H groups in total. The van der Waals surface area contributed by atoms with Gasteiger partial charge in [-0.05, 0) is 53.6 Å². The zero-order chi connectivity index (χ0) is 12.3. The average Bonchev–Trinajstić information content (AvgIpc) is 2.19. The van der Waals surface area contributed by atoms with Gasteiger partial charge < -0.3 is 4.74 Å². The highest BCUT2D eigenvalue weighted by Gasteiger charge is 2.15. The topological polar surface area (TPSA) is 26.3 Å². The molecule has 0 amide bonds. The van der Waals surface area contributed by atoms with Crippen LogP contribution in [0, 0.1) is 3.57 Å². The van der Waals surface area contributed by atoms with Gasteiger partial charge in [-0.1, -0.05) is 6.92 Å². The van der Waals surface area contributed by atoms with E-state index >= 15 is 0 Å². The van der Waals surface area contributed by atoms with Crippen LogP contribution in [0.1, 0.15) is 29.8 Å². The Kier molecular flexibility index (Phi) is 4.64. The molecule has 0 heterocycles. The first-order valence-corrected chi connectivity index (χ1v) is 5.81. The molecule has 0 spiro atoms. The molecule has 2 nitrogen and oxygen atoms in total. The van der Waals surface area contributed by atoms with Gasteiger partial charge in [-0.3, -0.25) is 4.79 Å². The summed E-state index contributed by atoms with van der Waals surface area (Å²) < 4.78 is 29.6. The van der Waals surface area contributed by atoms with Crippen LogP contribution < -0.4 is 4.74 Å².